The summed E-state index contributed by atoms with van der Waals surface area (Å²) in [5.41, 5.74) is 1.40. The molecule has 0 radical (unpaired) electrons. The Labute approximate surface area is 163 Å². The fraction of sp³-hybridized carbons (Fsp3) is 0.400. The fourth-order valence-electron chi connectivity index (χ4n) is 3.58. The number of guanidine groups is 1. The van der Waals surface area contributed by atoms with Crippen LogP contribution in [0.4, 0.5) is 5.82 Å². The van der Waals surface area contributed by atoms with E-state index in [1.54, 1.807) is 0 Å². The van der Waals surface area contributed by atoms with Gasteiger partial charge in [-0.3, -0.25) is 4.99 Å². The smallest absolute Gasteiger partial charge is 0.194 e. The minimum Gasteiger partial charge on any atom is -0.353 e. The first-order valence-electron chi connectivity index (χ1n) is 9.14. The van der Waals surface area contributed by atoms with E-state index in [-0.39, 0.29) is 0 Å². The second kappa shape index (κ2) is 7.66. The molecule has 0 amide bonds. The third-order valence-electron chi connectivity index (χ3n) is 5.17. The molecule has 4 rings (SSSR count). The molecular formula is C20H24BrN5. The predicted molar refractivity (Wildman–Crippen MR) is 110 cm³/mol. The van der Waals surface area contributed by atoms with Crippen LogP contribution in [0.3, 0.4) is 0 Å². The highest BCUT2D eigenvalue weighted by atomic mass is 79.9. The molecule has 26 heavy (non-hydrogen) atoms. The number of halogens is 1. The average Bonchev–Trinajstić information content (AvgIpc) is 3.47. The van der Waals surface area contributed by atoms with Crippen molar-refractivity contribution in [3.8, 4) is 0 Å². The molecule has 0 bridgehead atoms. The van der Waals surface area contributed by atoms with E-state index in [2.05, 4.69) is 71.4 Å². The predicted octanol–water partition coefficient (Wildman–Crippen LogP) is 3.10. The lowest BCUT2D eigenvalue weighted by Gasteiger charge is -2.37. The van der Waals surface area contributed by atoms with Gasteiger partial charge in [-0.2, -0.15) is 0 Å². The molecule has 1 aromatic carbocycles. The highest BCUT2D eigenvalue weighted by Gasteiger charge is 2.39. The van der Waals surface area contributed by atoms with E-state index in [1.807, 2.05) is 25.4 Å². The standard InChI is InChI=1S/C20H24BrN5/c1-22-20(24-18-14-17(18)15-5-7-16(21)8-6-15)26-12-10-25(11-13-26)19-4-2-3-9-23-19/h2-9,17-18H,10-14H2,1H3,(H,22,24). The van der Waals surface area contributed by atoms with E-state index in [9.17, 15) is 0 Å². The maximum atomic E-state index is 4.52. The highest BCUT2D eigenvalue weighted by Crippen LogP contribution is 2.41. The maximum Gasteiger partial charge on any atom is 0.194 e. The monoisotopic (exact) mass is 413 g/mol. The Morgan fingerprint density at radius 2 is 1.88 bits per heavy atom. The summed E-state index contributed by atoms with van der Waals surface area (Å²) in [7, 11) is 1.88. The zero-order valence-corrected chi connectivity index (χ0v) is 16.6. The van der Waals surface area contributed by atoms with Gasteiger partial charge < -0.3 is 15.1 Å². The second-order valence-electron chi connectivity index (χ2n) is 6.85. The molecule has 136 valence electrons. The molecule has 1 saturated heterocycles. The number of rotatable bonds is 3. The summed E-state index contributed by atoms with van der Waals surface area (Å²) in [6, 6.07) is 15.2. The van der Waals surface area contributed by atoms with Crippen LogP contribution in [0.15, 0.2) is 58.1 Å². The molecule has 5 nitrogen and oxygen atoms in total. The van der Waals surface area contributed by atoms with Gasteiger partial charge in [-0.15, -0.1) is 0 Å². The number of piperazine rings is 1. The van der Waals surface area contributed by atoms with Crippen LogP contribution in [0.1, 0.15) is 17.9 Å². The van der Waals surface area contributed by atoms with Gasteiger partial charge in [-0.05, 0) is 36.2 Å². The molecule has 1 aromatic heterocycles. The molecule has 2 unspecified atom stereocenters. The molecule has 2 atom stereocenters. The summed E-state index contributed by atoms with van der Waals surface area (Å²) in [5, 5.41) is 3.66. The van der Waals surface area contributed by atoms with Gasteiger partial charge in [0.15, 0.2) is 5.96 Å². The third kappa shape index (κ3) is 3.85. The van der Waals surface area contributed by atoms with Crippen molar-refractivity contribution in [1.29, 1.82) is 0 Å². The Morgan fingerprint density at radius 1 is 1.12 bits per heavy atom. The van der Waals surface area contributed by atoms with Crippen molar-refractivity contribution < 1.29 is 0 Å². The minimum atomic E-state index is 0.490. The van der Waals surface area contributed by atoms with Gasteiger partial charge in [0.1, 0.15) is 5.82 Å². The molecule has 2 aromatic rings. The van der Waals surface area contributed by atoms with Gasteiger partial charge in [0.05, 0.1) is 0 Å². The molecule has 2 fully saturated rings. The van der Waals surface area contributed by atoms with Gasteiger partial charge in [-0.25, -0.2) is 4.98 Å². The largest absolute Gasteiger partial charge is 0.353 e. The fourth-order valence-corrected chi connectivity index (χ4v) is 3.85. The lowest BCUT2D eigenvalue weighted by Crippen LogP contribution is -2.53. The molecule has 1 saturated carbocycles. The maximum absolute atomic E-state index is 4.52. The van der Waals surface area contributed by atoms with E-state index < -0.39 is 0 Å². The number of hydrogen-bond donors (Lipinski definition) is 1. The first-order valence-corrected chi connectivity index (χ1v) is 9.93. The van der Waals surface area contributed by atoms with Crippen LogP contribution in [-0.2, 0) is 0 Å². The Kier molecular flexibility index (Phi) is 5.11. The van der Waals surface area contributed by atoms with Crippen molar-refractivity contribution in [2.45, 2.75) is 18.4 Å². The van der Waals surface area contributed by atoms with Crippen LogP contribution >= 0.6 is 15.9 Å². The minimum absolute atomic E-state index is 0.490. The molecule has 6 heteroatoms. The zero-order valence-electron chi connectivity index (χ0n) is 15.0. The highest BCUT2D eigenvalue weighted by molar-refractivity contribution is 9.10. The van der Waals surface area contributed by atoms with E-state index >= 15 is 0 Å². The van der Waals surface area contributed by atoms with Crippen molar-refractivity contribution in [3.63, 3.8) is 0 Å². The van der Waals surface area contributed by atoms with Gasteiger partial charge in [0, 0.05) is 55.9 Å². The van der Waals surface area contributed by atoms with Crippen molar-refractivity contribution in [2.75, 3.05) is 38.1 Å². The first-order chi connectivity index (χ1) is 12.7. The van der Waals surface area contributed by atoms with Crippen LogP contribution in [-0.4, -0.2) is 55.1 Å². The van der Waals surface area contributed by atoms with Gasteiger partial charge in [-0.1, -0.05) is 34.1 Å². The number of aromatic nitrogens is 1. The quantitative estimate of drug-likeness (QED) is 0.619. The number of pyridine rings is 1. The molecule has 2 heterocycles. The lowest BCUT2D eigenvalue weighted by molar-refractivity contribution is 0.371. The van der Waals surface area contributed by atoms with Gasteiger partial charge >= 0.3 is 0 Å². The van der Waals surface area contributed by atoms with Crippen LogP contribution in [0.2, 0.25) is 0 Å². The van der Waals surface area contributed by atoms with Crippen molar-refractivity contribution in [2.24, 2.45) is 4.99 Å². The zero-order chi connectivity index (χ0) is 17.9. The van der Waals surface area contributed by atoms with E-state index in [0.29, 0.717) is 12.0 Å². The lowest BCUT2D eigenvalue weighted by atomic mass is 10.1. The number of benzene rings is 1. The normalized spacial score (nSPS) is 23.1. The summed E-state index contributed by atoms with van der Waals surface area (Å²) >= 11 is 3.51. The molecular weight excluding hydrogens is 390 g/mol. The number of nitrogens with zero attached hydrogens (tertiary/aromatic N) is 4. The number of nitrogens with one attached hydrogen (secondary N) is 1. The Morgan fingerprint density at radius 3 is 2.54 bits per heavy atom. The van der Waals surface area contributed by atoms with Crippen LogP contribution in [0.25, 0.3) is 0 Å². The van der Waals surface area contributed by atoms with Crippen molar-refractivity contribution in [1.82, 2.24) is 15.2 Å². The summed E-state index contributed by atoms with van der Waals surface area (Å²) < 4.78 is 1.13. The van der Waals surface area contributed by atoms with E-state index in [4.69, 9.17) is 0 Å². The van der Waals surface area contributed by atoms with E-state index in [1.165, 1.54) is 12.0 Å². The molecule has 1 aliphatic carbocycles. The number of aliphatic imine (C=N–C) groups is 1. The third-order valence-corrected chi connectivity index (χ3v) is 5.70. The van der Waals surface area contributed by atoms with Gasteiger partial charge in [0.2, 0.25) is 0 Å². The Hall–Kier alpha value is -2.08. The van der Waals surface area contributed by atoms with Crippen molar-refractivity contribution >= 4 is 27.7 Å². The Balaban J connectivity index is 1.31. The first kappa shape index (κ1) is 17.3. The van der Waals surface area contributed by atoms with Crippen LogP contribution in [0.5, 0.6) is 0 Å². The number of hydrogen-bond acceptors (Lipinski definition) is 3. The van der Waals surface area contributed by atoms with E-state index in [0.717, 1.165) is 42.4 Å². The number of anilines is 1. The second-order valence-corrected chi connectivity index (χ2v) is 7.77. The van der Waals surface area contributed by atoms with Crippen LogP contribution in [0, 0.1) is 0 Å². The summed E-state index contributed by atoms with van der Waals surface area (Å²) in [6.45, 7) is 3.87. The molecule has 1 aliphatic heterocycles. The molecule has 1 N–H and O–H groups in total. The summed E-state index contributed by atoms with van der Waals surface area (Å²) in [4.78, 5) is 13.7. The average molecular weight is 414 g/mol. The summed E-state index contributed by atoms with van der Waals surface area (Å²) in [5.74, 6) is 2.68. The Bertz CT molecular complexity index is 754. The molecule has 2 aliphatic rings. The van der Waals surface area contributed by atoms with Crippen molar-refractivity contribution in [3.05, 3.63) is 58.7 Å². The topological polar surface area (TPSA) is 43.8 Å². The SMILES string of the molecule is CN=C(NC1CC1c1ccc(Br)cc1)N1CCN(c2ccccn2)CC1. The van der Waals surface area contributed by atoms with Gasteiger partial charge in [0.25, 0.3) is 0 Å². The molecule has 0 spiro atoms. The summed E-state index contributed by atoms with van der Waals surface area (Å²) in [6.07, 6.45) is 3.03. The van der Waals surface area contributed by atoms with Crippen LogP contribution < -0.4 is 10.2 Å².